The van der Waals surface area contributed by atoms with Crippen molar-refractivity contribution >= 4 is 28.8 Å². The van der Waals surface area contributed by atoms with Gasteiger partial charge in [-0.2, -0.15) is 0 Å². The first kappa shape index (κ1) is 25.1. The first-order valence-electron chi connectivity index (χ1n) is 10.7. The molecule has 2 amide bonds. The number of anilines is 1. The second-order valence-electron chi connectivity index (χ2n) is 7.88. The SMILES string of the molecule is CCc1ccc(C(=O)N[C@H](CO)CCOC(F)(F)F)cc1NC(=O)c1cnc(CC2CC2)s1. The predicted molar refractivity (Wildman–Crippen MR) is 117 cm³/mol. The molecule has 3 rings (SSSR count). The summed E-state index contributed by atoms with van der Waals surface area (Å²) in [4.78, 5) is 30.1. The van der Waals surface area contributed by atoms with Crippen molar-refractivity contribution in [3.8, 4) is 0 Å². The van der Waals surface area contributed by atoms with Crippen LogP contribution in [0.3, 0.4) is 0 Å². The topological polar surface area (TPSA) is 101 Å². The minimum Gasteiger partial charge on any atom is -0.394 e. The van der Waals surface area contributed by atoms with Crippen LogP contribution in [0, 0.1) is 5.92 Å². The third-order valence-corrected chi connectivity index (χ3v) is 6.24. The van der Waals surface area contributed by atoms with E-state index in [2.05, 4.69) is 20.4 Å². The second kappa shape index (κ2) is 11.1. The van der Waals surface area contributed by atoms with Crippen molar-refractivity contribution in [3.05, 3.63) is 45.4 Å². The summed E-state index contributed by atoms with van der Waals surface area (Å²) in [5, 5.41) is 15.6. The van der Waals surface area contributed by atoms with E-state index in [4.69, 9.17) is 0 Å². The van der Waals surface area contributed by atoms with Gasteiger partial charge in [-0.25, -0.2) is 4.98 Å². The van der Waals surface area contributed by atoms with E-state index in [1.807, 2.05) is 6.92 Å². The number of ether oxygens (including phenoxy) is 1. The molecule has 0 bridgehead atoms. The van der Waals surface area contributed by atoms with Crippen molar-refractivity contribution in [2.45, 2.75) is 51.4 Å². The Morgan fingerprint density at radius 1 is 1.30 bits per heavy atom. The van der Waals surface area contributed by atoms with Crippen LogP contribution in [0.5, 0.6) is 0 Å². The summed E-state index contributed by atoms with van der Waals surface area (Å²) in [6.45, 7) is 0.675. The summed E-state index contributed by atoms with van der Waals surface area (Å²) in [6, 6.07) is 3.87. The lowest BCUT2D eigenvalue weighted by molar-refractivity contribution is -0.325. The number of aliphatic hydroxyl groups excluding tert-OH is 1. The minimum absolute atomic E-state index is 0.205. The Morgan fingerprint density at radius 2 is 2.06 bits per heavy atom. The smallest absolute Gasteiger partial charge is 0.394 e. The Kier molecular flexibility index (Phi) is 8.44. The zero-order valence-corrected chi connectivity index (χ0v) is 18.9. The number of hydrogen-bond acceptors (Lipinski definition) is 6. The van der Waals surface area contributed by atoms with Crippen molar-refractivity contribution in [2.24, 2.45) is 5.92 Å². The van der Waals surface area contributed by atoms with E-state index in [-0.39, 0.29) is 17.9 Å². The van der Waals surface area contributed by atoms with Crippen LogP contribution < -0.4 is 10.6 Å². The van der Waals surface area contributed by atoms with Gasteiger partial charge in [0, 0.05) is 17.7 Å². The van der Waals surface area contributed by atoms with Gasteiger partial charge >= 0.3 is 6.36 Å². The van der Waals surface area contributed by atoms with Crippen molar-refractivity contribution in [1.29, 1.82) is 0 Å². The van der Waals surface area contributed by atoms with E-state index in [0.717, 1.165) is 17.0 Å². The predicted octanol–water partition coefficient (Wildman–Crippen LogP) is 3.93. The van der Waals surface area contributed by atoms with Gasteiger partial charge in [0.15, 0.2) is 0 Å². The highest BCUT2D eigenvalue weighted by Gasteiger charge is 2.29. The lowest BCUT2D eigenvalue weighted by atomic mass is 10.1. The first-order chi connectivity index (χ1) is 15.7. The monoisotopic (exact) mass is 485 g/mol. The van der Waals surface area contributed by atoms with Crippen molar-refractivity contribution in [1.82, 2.24) is 10.3 Å². The number of rotatable bonds is 11. The summed E-state index contributed by atoms with van der Waals surface area (Å²) in [5.41, 5.74) is 1.49. The molecule has 1 atom stereocenters. The van der Waals surface area contributed by atoms with Gasteiger partial charge in [-0.3, -0.25) is 14.3 Å². The summed E-state index contributed by atoms with van der Waals surface area (Å²) >= 11 is 1.35. The van der Waals surface area contributed by atoms with Crippen LogP contribution in [0.15, 0.2) is 24.4 Å². The molecule has 0 aliphatic heterocycles. The van der Waals surface area contributed by atoms with Gasteiger partial charge in [-0.05, 0) is 49.3 Å². The Bertz CT molecular complexity index is 976. The molecule has 1 aliphatic carbocycles. The minimum atomic E-state index is -4.77. The summed E-state index contributed by atoms with van der Waals surface area (Å²) in [5.74, 6) is -0.236. The molecule has 1 saturated carbocycles. The van der Waals surface area contributed by atoms with Gasteiger partial charge in [0.2, 0.25) is 0 Å². The van der Waals surface area contributed by atoms with E-state index < -0.39 is 31.5 Å². The van der Waals surface area contributed by atoms with Crippen LogP contribution in [0.4, 0.5) is 18.9 Å². The second-order valence-corrected chi connectivity index (χ2v) is 9.00. The van der Waals surface area contributed by atoms with Gasteiger partial charge < -0.3 is 15.7 Å². The van der Waals surface area contributed by atoms with Crippen LogP contribution in [-0.2, 0) is 17.6 Å². The van der Waals surface area contributed by atoms with E-state index in [9.17, 15) is 27.9 Å². The van der Waals surface area contributed by atoms with Crippen molar-refractivity contribution < 1.29 is 32.6 Å². The molecule has 180 valence electrons. The van der Waals surface area contributed by atoms with E-state index >= 15 is 0 Å². The number of halogens is 3. The van der Waals surface area contributed by atoms with Gasteiger partial charge in [-0.1, -0.05) is 13.0 Å². The molecule has 1 aliphatic rings. The lowest BCUT2D eigenvalue weighted by Gasteiger charge is -2.18. The zero-order chi connectivity index (χ0) is 24.0. The van der Waals surface area contributed by atoms with Gasteiger partial charge in [0.05, 0.1) is 30.5 Å². The number of aromatic nitrogens is 1. The fourth-order valence-corrected chi connectivity index (χ4v) is 4.13. The largest absolute Gasteiger partial charge is 0.522 e. The number of aryl methyl sites for hydroxylation is 1. The van der Waals surface area contributed by atoms with E-state index in [1.165, 1.54) is 30.2 Å². The highest BCUT2D eigenvalue weighted by atomic mass is 32.1. The maximum absolute atomic E-state index is 12.7. The number of nitrogens with zero attached hydrogens (tertiary/aromatic N) is 1. The third kappa shape index (κ3) is 7.79. The summed E-state index contributed by atoms with van der Waals surface area (Å²) in [6.07, 6.45) is 0.450. The molecule has 1 aromatic heterocycles. The van der Waals surface area contributed by atoms with Gasteiger partial charge in [-0.15, -0.1) is 24.5 Å². The molecule has 7 nitrogen and oxygen atoms in total. The Morgan fingerprint density at radius 3 is 2.70 bits per heavy atom. The molecule has 1 aromatic carbocycles. The fourth-order valence-electron chi connectivity index (χ4n) is 3.20. The molecule has 1 heterocycles. The number of carbonyl (C=O) groups excluding carboxylic acids is 2. The Hall–Kier alpha value is -2.50. The summed E-state index contributed by atoms with van der Waals surface area (Å²) in [7, 11) is 0. The number of hydrogen-bond donors (Lipinski definition) is 3. The van der Waals surface area contributed by atoms with E-state index in [0.29, 0.717) is 22.9 Å². The normalized spacial score (nSPS) is 14.7. The average Bonchev–Trinajstić information content (AvgIpc) is 3.45. The summed E-state index contributed by atoms with van der Waals surface area (Å²) < 4.78 is 40.1. The maximum Gasteiger partial charge on any atom is 0.522 e. The number of amides is 2. The molecule has 11 heteroatoms. The Balaban J connectivity index is 1.64. The number of alkyl halides is 3. The van der Waals surface area contributed by atoms with Crippen LogP contribution >= 0.6 is 11.3 Å². The third-order valence-electron chi connectivity index (χ3n) is 5.23. The number of nitrogens with one attached hydrogen (secondary N) is 2. The maximum atomic E-state index is 12.7. The molecule has 0 unspecified atom stereocenters. The van der Waals surface area contributed by atoms with Crippen LogP contribution in [-0.4, -0.2) is 47.5 Å². The number of aliphatic hydroxyl groups is 1. The molecule has 1 fully saturated rings. The number of benzene rings is 1. The number of carbonyl (C=O) groups is 2. The van der Waals surface area contributed by atoms with Crippen LogP contribution in [0.1, 0.15) is 56.8 Å². The van der Waals surface area contributed by atoms with Crippen molar-refractivity contribution in [3.63, 3.8) is 0 Å². The molecule has 3 N–H and O–H groups in total. The molecule has 0 spiro atoms. The number of thiazole rings is 1. The van der Waals surface area contributed by atoms with Gasteiger partial charge in [0.1, 0.15) is 4.88 Å². The highest BCUT2D eigenvalue weighted by molar-refractivity contribution is 7.13. The van der Waals surface area contributed by atoms with E-state index in [1.54, 1.807) is 18.3 Å². The van der Waals surface area contributed by atoms with Crippen molar-refractivity contribution in [2.75, 3.05) is 18.5 Å². The average molecular weight is 486 g/mol. The molecule has 0 radical (unpaired) electrons. The molecular weight excluding hydrogens is 459 g/mol. The fraction of sp³-hybridized carbons (Fsp3) is 0.500. The molecule has 2 aromatic rings. The quantitative estimate of drug-likeness (QED) is 0.448. The highest BCUT2D eigenvalue weighted by Crippen LogP contribution is 2.33. The van der Waals surface area contributed by atoms with Crippen LogP contribution in [0.2, 0.25) is 0 Å². The molecular formula is C22H26F3N3O4S. The molecule has 33 heavy (non-hydrogen) atoms. The zero-order valence-electron chi connectivity index (χ0n) is 18.1. The van der Waals surface area contributed by atoms with Gasteiger partial charge in [0.25, 0.3) is 11.8 Å². The molecule has 0 saturated heterocycles. The Labute approximate surface area is 193 Å². The standard InChI is InChI=1S/C22H26F3N3O4S/c1-2-14-5-6-15(20(30)27-16(12-29)7-8-32-22(23,24)25)10-17(14)28-21(31)18-11-26-19(33-18)9-13-3-4-13/h5-6,10-11,13,16,29H,2-4,7-9,12H2,1H3,(H,27,30)(H,28,31)/t16-/m0/s1. The first-order valence-corrected chi connectivity index (χ1v) is 11.5. The van der Waals surface area contributed by atoms with Crippen LogP contribution in [0.25, 0.3) is 0 Å². The lowest BCUT2D eigenvalue weighted by Crippen LogP contribution is -2.38.